The highest BCUT2D eigenvalue weighted by Crippen LogP contribution is 2.17. The van der Waals surface area contributed by atoms with Gasteiger partial charge in [-0.1, -0.05) is 0 Å². The molecule has 2 atom stereocenters. The van der Waals surface area contributed by atoms with Crippen LogP contribution >= 0.6 is 0 Å². The van der Waals surface area contributed by atoms with E-state index in [1.54, 1.807) is 11.9 Å². The Hall–Kier alpha value is -1.12. The second-order valence-corrected chi connectivity index (χ2v) is 4.57. The predicted octanol–water partition coefficient (Wildman–Crippen LogP) is 0.468. The molecule has 1 amide bonds. The molecule has 96 valence electrons. The van der Waals surface area contributed by atoms with Crippen LogP contribution in [0.25, 0.3) is 0 Å². The first kappa shape index (κ1) is 13.9. The number of rotatable bonds is 5. The maximum absolute atomic E-state index is 11.9. The molecule has 0 radical (unpaired) electrons. The Balaban J connectivity index is 2.37. The summed E-state index contributed by atoms with van der Waals surface area (Å²) in [5.41, 5.74) is 0. The van der Waals surface area contributed by atoms with Gasteiger partial charge in [0.1, 0.15) is 0 Å². The standard InChI is InChI=1S/C12H21N3O2/c1-10-11(5-8-17-10)15(3)9-12(16)14(2)7-4-6-13/h10-11H,4-5,7-9H2,1-3H3. The highest BCUT2D eigenvalue weighted by atomic mass is 16.5. The van der Waals surface area contributed by atoms with Crippen molar-refractivity contribution in [2.75, 3.05) is 33.8 Å². The van der Waals surface area contributed by atoms with Crippen LogP contribution < -0.4 is 0 Å². The molecule has 1 fully saturated rings. The van der Waals surface area contributed by atoms with Crippen molar-refractivity contribution in [1.82, 2.24) is 9.80 Å². The van der Waals surface area contributed by atoms with Crippen molar-refractivity contribution in [3.05, 3.63) is 0 Å². The van der Waals surface area contributed by atoms with Crippen molar-refractivity contribution < 1.29 is 9.53 Å². The normalized spacial score (nSPS) is 23.7. The smallest absolute Gasteiger partial charge is 0.236 e. The Morgan fingerprint density at radius 1 is 1.53 bits per heavy atom. The van der Waals surface area contributed by atoms with Crippen molar-refractivity contribution in [3.8, 4) is 6.07 Å². The van der Waals surface area contributed by atoms with Gasteiger partial charge in [0.15, 0.2) is 0 Å². The lowest BCUT2D eigenvalue weighted by Gasteiger charge is -2.27. The van der Waals surface area contributed by atoms with Crippen molar-refractivity contribution in [2.45, 2.75) is 31.9 Å². The summed E-state index contributed by atoms with van der Waals surface area (Å²) in [6, 6.07) is 2.36. The number of nitrogens with zero attached hydrogens (tertiary/aromatic N) is 3. The van der Waals surface area contributed by atoms with Gasteiger partial charge in [-0.25, -0.2) is 0 Å². The van der Waals surface area contributed by atoms with Crippen LogP contribution in [-0.2, 0) is 9.53 Å². The van der Waals surface area contributed by atoms with Crippen molar-refractivity contribution >= 4 is 5.91 Å². The first-order valence-electron chi connectivity index (χ1n) is 5.99. The Bertz CT molecular complexity index is 301. The molecule has 1 aliphatic rings. The lowest BCUT2D eigenvalue weighted by Crippen LogP contribution is -2.44. The zero-order valence-electron chi connectivity index (χ0n) is 10.8. The van der Waals surface area contributed by atoms with Crippen LogP contribution in [0.2, 0.25) is 0 Å². The molecule has 0 aromatic heterocycles. The van der Waals surface area contributed by atoms with Gasteiger partial charge < -0.3 is 9.64 Å². The minimum atomic E-state index is 0.0573. The van der Waals surface area contributed by atoms with Gasteiger partial charge in [0.25, 0.3) is 0 Å². The summed E-state index contributed by atoms with van der Waals surface area (Å²) in [4.78, 5) is 15.5. The predicted molar refractivity (Wildman–Crippen MR) is 64.3 cm³/mol. The van der Waals surface area contributed by atoms with E-state index in [0.29, 0.717) is 25.6 Å². The summed E-state index contributed by atoms with van der Waals surface area (Å²) in [6.07, 6.45) is 1.55. The molecule has 0 aromatic rings. The third kappa shape index (κ3) is 3.99. The molecule has 1 heterocycles. The fourth-order valence-corrected chi connectivity index (χ4v) is 2.09. The topological polar surface area (TPSA) is 56.6 Å². The molecule has 1 saturated heterocycles. The zero-order valence-corrected chi connectivity index (χ0v) is 10.8. The number of carbonyl (C=O) groups is 1. The molecule has 0 bridgehead atoms. The third-order valence-corrected chi connectivity index (χ3v) is 3.27. The molecule has 0 spiro atoms. The molecule has 1 rings (SSSR count). The quantitative estimate of drug-likeness (QED) is 0.699. The van der Waals surface area contributed by atoms with E-state index in [0.717, 1.165) is 13.0 Å². The molecule has 5 nitrogen and oxygen atoms in total. The molecule has 0 N–H and O–H groups in total. The van der Waals surface area contributed by atoms with Crippen molar-refractivity contribution in [2.24, 2.45) is 0 Å². The molecular formula is C12H21N3O2. The van der Waals surface area contributed by atoms with Gasteiger partial charge in [-0.2, -0.15) is 5.26 Å². The molecule has 17 heavy (non-hydrogen) atoms. The number of amides is 1. The Morgan fingerprint density at radius 3 is 2.76 bits per heavy atom. The van der Waals surface area contributed by atoms with Crippen LogP contribution in [-0.4, -0.2) is 61.6 Å². The largest absolute Gasteiger partial charge is 0.377 e. The minimum absolute atomic E-state index is 0.0573. The van der Waals surface area contributed by atoms with Gasteiger partial charge in [-0.3, -0.25) is 9.69 Å². The maximum atomic E-state index is 11.9. The molecule has 1 aliphatic heterocycles. The molecule has 2 unspecified atom stereocenters. The van der Waals surface area contributed by atoms with Crippen LogP contribution in [0.15, 0.2) is 0 Å². The van der Waals surface area contributed by atoms with Crippen LogP contribution in [0.4, 0.5) is 0 Å². The monoisotopic (exact) mass is 239 g/mol. The highest BCUT2D eigenvalue weighted by molar-refractivity contribution is 5.78. The van der Waals surface area contributed by atoms with Gasteiger partial charge >= 0.3 is 0 Å². The number of likely N-dealkylation sites (N-methyl/N-ethyl adjacent to an activating group) is 2. The van der Waals surface area contributed by atoms with Crippen molar-refractivity contribution in [3.63, 3.8) is 0 Å². The average Bonchev–Trinajstić information content (AvgIpc) is 2.72. The van der Waals surface area contributed by atoms with Gasteiger partial charge in [0.05, 0.1) is 25.1 Å². The number of nitriles is 1. The van der Waals surface area contributed by atoms with Crippen LogP contribution in [0, 0.1) is 11.3 Å². The first-order chi connectivity index (χ1) is 8.06. The zero-order chi connectivity index (χ0) is 12.8. The maximum Gasteiger partial charge on any atom is 0.236 e. The molecule has 5 heteroatoms. The number of carbonyl (C=O) groups excluding carboxylic acids is 1. The van der Waals surface area contributed by atoms with Crippen LogP contribution in [0.3, 0.4) is 0 Å². The molecular weight excluding hydrogens is 218 g/mol. The van der Waals surface area contributed by atoms with E-state index in [2.05, 4.69) is 0 Å². The Labute approximate surface area is 103 Å². The summed E-state index contributed by atoms with van der Waals surface area (Å²) in [7, 11) is 3.69. The van der Waals surface area contributed by atoms with E-state index in [1.807, 2.05) is 24.9 Å². The minimum Gasteiger partial charge on any atom is -0.377 e. The summed E-state index contributed by atoms with van der Waals surface area (Å²) >= 11 is 0. The summed E-state index contributed by atoms with van der Waals surface area (Å²) in [5, 5.41) is 8.47. The van der Waals surface area contributed by atoms with Crippen LogP contribution in [0.5, 0.6) is 0 Å². The number of ether oxygens (including phenoxy) is 1. The van der Waals surface area contributed by atoms with Gasteiger partial charge in [0, 0.05) is 26.2 Å². The molecule has 0 saturated carbocycles. The van der Waals surface area contributed by atoms with E-state index < -0.39 is 0 Å². The fourth-order valence-electron chi connectivity index (χ4n) is 2.09. The average molecular weight is 239 g/mol. The van der Waals surface area contributed by atoms with Crippen molar-refractivity contribution in [1.29, 1.82) is 5.26 Å². The lowest BCUT2D eigenvalue weighted by molar-refractivity contribution is -0.131. The van der Waals surface area contributed by atoms with E-state index >= 15 is 0 Å². The number of hydrogen-bond acceptors (Lipinski definition) is 4. The number of hydrogen-bond donors (Lipinski definition) is 0. The molecule has 0 aliphatic carbocycles. The van der Waals surface area contributed by atoms with Gasteiger partial charge in [0.2, 0.25) is 5.91 Å². The van der Waals surface area contributed by atoms with E-state index in [-0.39, 0.29) is 12.0 Å². The second kappa shape index (κ2) is 6.58. The summed E-state index contributed by atoms with van der Waals surface area (Å²) in [6.45, 7) is 3.70. The Morgan fingerprint density at radius 2 is 2.24 bits per heavy atom. The lowest BCUT2D eigenvalue weighted by atomic mass is 10.1. The first-order valence-corrected chi connectivity index (χ1v) is 5.99. The van der Waals surface area contributed by atoms with Gasteiger partial charge in [-0.15, -0.1) is 0 Å². The van der Waals surface area contributed by atoms with E-state index in [9.17, 15) is 4.79 Å². The second-order valence-electron chi connectivity index (χ2n) is 4.57. The summed E-state index contributed by atoms with van der Waals surface area (Å²) in [5.74, 6) is 0.0573. The highest BCUT2D eigenvalue weighted by Gasteiger charge is 2.29. The van der Waals surface area contributed by atoms with E-state index in [1.165, 1.54) is 0 Å². The third-order valence-electron chi connectivity index (χ3n) is 3.27. The van der Waals surface area contributed by atoms with Crippen LogP contribution in [0.1, 0.15) is 19.8 Å². The SMILES string of the molecule is CC1OCCC1N(C)CC(=O)N(C)CCC#N. The van der Waals surface area contributed by atoms with E-state index in [4.69, 9.17) is 10.00 Å². The van der Waals surface area contributed by atoms with Gasteiger partial charge in [-0.05, 0) is 20.4 Å². The Kier molecular flexibility index (Phi) is 5.39. The molecule has 0 aromatic carbocycles. The fraction of sp³-hybridized carbons (Fsp3) is 0.833. The summed E-state index contributed by atoms with van der Waals surface area (Å²) < 4.78 is 5.48.